The minimum Gasteiger partial charge on any atom is -0.444 e. The van der Waals surface area contributed by atoms with E-state index in [-0.39, 0.29) is 17.2 Å². The topological polar surface area (TPSA) is 91.9 Å². The first-order chi connectivity index (χ1) is 12.8. The fourth-order valence-electron chi connectivity index (χ4n) is 2.87. The molecule has 0 saturated heterocycles. The molecule has 0 bridgehead atoms. The van der Waals surface area contributed by atoms with Crippen LogP contribution in [0.1, 0.15) is 58.1 Å². The first-order valence-corrected chi connectivity index (χ1v) is 13.1. The van der Waals surface area contributed by atoms with Crippen molar-refractivity contribution in [3.05, 3.63) is 24.0 Å². The highest BCUT2D eigenvalue weighted by atomic mass is 127. The van der Waals surface area contributed by atoms with Gasteiger partial charge < -0.3 is 9.73 Å². The van der Waals surface area contributed by atoms with Crippen LogP contribution in [0.4, 0.5) is 5.13 Å². The van der Waals surface area contributed by atoms with E-state index in [9.17, 15) is 4.79 Å². The van der Waals surface area contributed by atoms with Crippen molar-refractivity contribution in [2.24, 2.45) is 5.92 Å². The van der Waals surface area contributed by atoms with Crippen molar-refractivity contribution in [2.75, 3.05) is 5.32 Å². The van der Waals surface area contributed by atoms with Gasteiger partial charge in [-0.3, -0.25) is 8.36 Å². The van der Waals surface area contributed by atoms with E-state index in [0.717, 1.165) is 35.7 Å². The highest BCUT2D eigenvalue weighted by molar-refractivity contribution is 14.1. The molecule has 0 radical (unpaired) electrons. The van der Waals surface area contributed by atoms with Crippen molar-refractivity contribution in [1.29, 1.82) is 3.56 Å². The van der Waals surface area contributed by atoms with Gasteiger partial charge in [0.25, 0.3) is 0 Å². The Labute approximate surface area is 178 Å². The maximum absolute atomic E-state index is 12.4. The van der Waals surface area contributed by atoms with Crippen LogP contribution >= 0.6 is 44.1 Å². The van der Waals surface area contributed by atoms with Crippen molar-refractivity contribution < 1.29 is 9.21 Å². The van der Waals surface area contributed by atoms with Gasteiger partial charge >= 0.3 is 0 Å². The third kappa shape index (κ3) is 5.83. The molecule has 27 heavy (non-hydrogen) atoms. The number of oxazole rings is 1. The number of rotatable bonds is 6. The molecule has 2 heterocycles. The van der Waals surface area contributed by atoms with Crippen LogP contribution in [0.5, 0.6) is 0 Å². The lowest BCUT2D eigenvalue weighted by Gasteiger charge is -2.24. The summed E-state index contributed by atoms with van der Waals surface area (Å²) >= 11 is 2.67. The van der Waals surface area contributed by atoms with Crippen LogP contribution in [0, 0.1) is 9.48 Å². The summed E-state index contributed by atoms with van der Waals surface area (Å²) in [6, 6.07) is 0. The summed E-state index contributed by atoms with van der Waals surface area (Å²) in [7, 11) is 0. The maximum atomic E-state index is 12.4. The normalized spacial score (nSPS) is 20.6. The SMILES string of the molecule is CC(C)(C)c1cnc(CSc2cnc(NC(=O)C3CCC(I=N)CC3)s2)o1. The number of carbonyl (C=O) groups excluding carboxylic acids is 1. The number of hydrogen-bond donors (Lipinski definition) is 2. The molecule has 1 amide bonds. The summed E-state index contributed by atoms with van der Waals surface area (Å²) in [5.74, 6) is 2.38. The second kappa shape index (κ2) is 9.13. The third-order valence-electron chi connectivity index (χ3n) is 4.53. The van der Waals surface area contributed by atoms with Crippen molar-refractivity contribution in [2.45, 2.75) is 65.8 Å². The van der Waals surface area contributed by atoms with Crippen LogP contribution in [0.2, 0.25) is 0 Å². The standard InChI is InChI=1S/C18H25IN4O2S2/c1-18(2,3)13-8-21-14(25-13)10-26-15-9-22-17(27-15)23-16(24)11-4-6-12(19-20)7-5-11/h8-9,11-12,20H,4-7,10H2,1-3H3,(H,22,23,24). The monoisotopic (exact) mass is 520 g/mol. The van der Waals surface area contributed by atoms with Crippen molar-refractivity contribution >= 4 is 55.2 Å². The van der Waals surface area contributed by atoms with E-state index < -0.39 is 21.0 Å². The molecule has 0 atom stereocenters. The van der Waals surface area contributed by atoms with Gasteiger partial charge in [0, 0.05) is 15.3 Å². The largest absolute Gasteiger partial charge is 0.444 e. The van der Waals surface area contributed by atoms with Gasteiger partial charge in [-0.2, -0.15) is 0 Å². The Morgan fingerprint density at radius 2 is 2.07 bits per heavy atom. The van der Waals surface area contributed by atoms with E-state index in [2.05, 4.69) is 36.1 Å². The summed E-state index contributed by atoms with van der Waals surface area (Å²) in [6.07, 6.45) is 7.46. The van der Waals surface area contributed by atoms with Gasteiger partial charge in [0.05, 0.1) is 22.4 Å². The number of amides is 1. The van der Waals surface area contributed by atoms with E-state index in [1.165, 1.54) is 11.3 Å². The average molecular weight is 520 g/mol. The fourth-order valence-corrected chi connectivity index (χ4v) is 5.94. The molecule has 1 fully saturated rings. The van der Waals surface area contributed by atoms with Gasteiger partial charge in [0.2, 0.25) is 11.8 Å². The molecule has 148 valence electrons. The average Bonchev–Trinajstić information content (AvgIpc) is 3.29. The molecule has 1 aliphatic carbocycles. The van der Waals surface area contributed by atoms with Crippen LogP contribution < -0.4 is 5.32 Å². The Bertz CT molecular complexity index is 791. The zero-order chi connectivity index (χ0) is 19.4. The number of halogens is 1. The lowest BCUT2D eigenvalue weighted by atomic mass is 9.89. The minimum atomic E-state index is -0.436. The van der Waals surface area contributed by atoms with Crippen LogP contribution in [0.15, 0.2) is 21.0 Å². The summed E-state index contributed by atoms with van der Waals surface area (Å²) in [6.45, 7) is 6.30. The zero-order valence-corrected chi connectivity index (χ0v) is 19.5. The molecular weight excluding hydrogens is 495 g/mol. The van der Waals surface area contributed by atoms with Gasteiger partial charge in [0.15, 0.2) is 5.13 Å². The summed E-state index contributed by atoms with van der Waals surface area (Å²) in [4.78, 5) is 21.1. The van der Waals surface area contributed by atoms with Crippen LogP contribution in [-0.4, -0.2) is 19.8 Å². The Morgan fingerprint density at radius 3 is 2.70 bits per heavy atom. The molecule has 0 unspecified atom stereocenters. The number of carbonyl (C=O) groups is 1. The second-order valence-corrected chi connectivity index (χ2v) is 12.4. The quantitative estimate of drug-likeness (QED) is 0.279. The van der Waals surface area contributed by atoms with Crippen molar-refractivity contribution in [3.63, 3.8) is 0 Å². The molecule has 2 aromatic rings. The zero-order valence-electron chi connectivity index (χ0n) is 15.8. The van der Waals surface area contributed by atoms with Gasteiger partial charge in [-0.15, -0.1) is 11.8 Å². The first kappa shape index (κ1) is 20.9. The summed E-state index contributed by atoms with van der Waals surface area (Å²) in [5, 5.41) is 3.62. The number of alkyl halides is 1. The molecule has 0 spiro atoms. The number of anilines is 1. The molecule has 9 heteroatoms. The predicted octanol–water partition coefficient (Wildman–Crippen LogP) is 5.95. The van der Waals surface area contributed by atoms with E-state index in [4.69, 9.17) is 7.98 Å². The van der Waals surface area contributed by atoms with Gasteiger partial charge in [-0.1, -0.05) is 32.1 Å². The summed E-state index contributed by atoms with van der Waals surface area (Å²) in [5.41, 5.74) is -0.0423. The van der Waals surface area contributed by atoms with Gasteiger partial charge in [-0.25, -0.2) is 9.97 Å². The molecule has 2 aromatic heterocycles. The Hall–Kier alpha value is -0.810. The highest BCUT2D eigenvalue weighted by Gasteiger charge is 2.26. The molecule has 1 saturated carbocycles. The predicted molar refractivity (Wildman–Crippen MR) is 118 cm³/mol. The smallest absolute Gasteiger partial charge is 0.229 e. The Balaban J connectivity index is 1.49. The third-order valence-corrected chi connectivity index (χ3v) is 8.75. The lowest BCUT2D eigenvalue weighted by molar-refractivity contribution is -0.120. The maximum Gasteiger partial charge on any atom is 0.229 e. The summed E-state index contributed by atoms with van der Waals surface area (Å²) < 4.78 is 15.0. The molecular formula is C18H25IN4O2S2. The van der Waals surface area contributed by atoms with E-state index >= 15 is 0 Å². The van der Waals surface area contributed by atoms with Crippen molar-refractivity contribution in [3.8, 4) is 0 Å². The number of thiazole rings is 1. The first-order valence-electron chi connectivity index (χ1n) is 8.99. The lowest BCUT2D eigenvalue weighted by Crippen LogP contribution is -2.27. The van der Waals surface area contributed by atoms with Crippen LogP contribution in [-0.2, 0) is 16.0 Å². The molecule has 0 aliphatic heterocycles. The van der Waals surface area contributed by atoms with E-state index in [1.807, 2.05) is 0 Å². The van der Waals surface area contributed by atoms with Gasteiger partial charge in [0.1, 0.15) is 5.76 Å². The van der Waals surface area contributed by atoms with E-state index in [1.54, 1.807) is 24.2 Å². The van der Waals surface area contributed by atoms with E-state index in [0.29, 0.717) is 20.7 Å². The van der Waals surface area contributed by atoms with Crippen LogP contribution in [0.25, 0.3) is 0 Å². The number of nitrogens with zero attached hydrogens (tertiary/aromatic N) is 2. The second-order valence-electron chi connectivity index (χ2n) is 7.69. The molecule has 0 aromatic carbocycles. The Morgan fingerprint density at radius 1 is 1.33 bits per heavy atom. The minimum absolute atomic E-state index is 0.0423. The number of nitrogens with one attached hydrogen (secondary N) is 2. The number of aromatic nitrogens is 2. The van der Waals surface area contributed by atoms with Crippen LogP contribution in [0.3, 0.4) is 0 Å². The fraction of sp³-hybridized carbons (Fsp3) is 0.611. The molecule has 1 aliphatic rings. The highest BCUT2D eigenvalue weighted by Crippen LogP contribution is 2.34. The number of hydrogen-bond acceptors (Lipinski definition) is 7. The number of thioether (sulfide) groups is 1. The molecule has 2 N–H and O–H groups in total. The Kier molecular flexibility index (Phi) is 7.07. The van der Waals surface area contributed by atoms with Gasteiger partial charge in [-0.05, 0) is 46.7 Å². The molecule has 3 rings (SSSR count). The van der Waals surface area contributed by atoms with Crippen molar-refractivity contribution in [1.82, 2.24) is 9.97 Å². The molecule has 6 nitrogen and oxygen atoms in total.